The predicted molar refractivity (Wildman–Crippen MR) is 69.5 cm³/mol. The third-order valence-electron chi connectivity index (χ3n) is 3.22. The van der Waals surface area contributed by atoms with Gasteiger partial charge in [0.2, 0.25) is 0 Å². The maximum Gasteiger partial charge on any atom is 0.121 e. The van der Waals surface area contributed by atoms with Crippen LogP contribution in [0.5, 0.6) is 0 Å². The van der Waals surface area contributed by atoms with Gasteiger partial charge in [-0.2, -0.15) is 0 Å². The summed E-state index contributed by atoms with van der Waals surface area (Å²) >= 11 is 0. The summed E-state index contributed by atoms with van der Waals surface area (Å²) in [5.41, 5.74) is 2.18. The number of carbonyl (C=O) groups excluding carboxylic acids is 1. The molecule has 0 spiro atoms. The third-order valence-corrected chi connectivity index (χ3v) is 3.22. The summed E-state index contributed by atoms with van der Waals surface area (Å²) in [5.74, 6) is 0.806. The number of nitrogens with one attached hydrogen (secondary N) is 1. The lowest BCUT2D eigenvalue weighted by Crippen LogP contribution is -1.99. The van der Waals surface area contributed by atoms with Crippen LogP contribution in [-0.4, -0.2) is 11.3 Å². The second kappa shape index (κ2) is 4.53. The van der Waals surface area contributed by atoms with Crippen molar-refractivity contribution in [3.05, 3.63) is 60.2 Å². The molecule has 90 valence electrons. The molecule has 2 aromatic heterocycles. The zero-order valence-corrected chi connectivity index (χ0v) is 9.80. The van der Waals surface area contributed by atoms with E-state index in [9.17, 15) is 4.79 Å². The number of aldehydes is 1. The molecule has 3 rings (SSSR count). The average Bonchev–Trinajstić information content (AvgIpc) is 3.06. The van der Waals surface area contributed by atoms with E-state index in [-0.39, 0.29) is 5.92 Å². The molecule has 0 saturated heterocycles. The van der Waals surface area contributed by atoms with Crippen molar-refractivity contribution in [3.63, 3.8) is 0 Å². The van der Waals surface area contributed by atoms with Gasteiger partial charge in [0.05, 0.1) is 12.2 Å². The minimum atomic E-state index is -0.0198. The number of fused-ring (bicyclic) bond motifs is 1. The Morgan fingerprint density at radius 2 is 2.11 bits per heavy atom. The molecule has 0 fully saturated rings. The maximum absolute atomic E-state index is 10.9. The number of furan rings is 1. The van der Waals surface area contributed by atoms with Crippen molar-refractivity contribution in [2.24, 2.45) is 0 Å². The van der Waals surface area contributed by atoms with E-state index >= 15 is 0 Å². The van der Waals surface area contributed by atoms with Crippen LogP contribution >= 0.6 is 0 Å². The summed E-state index contributed by atoms with van der Waals surface area (Å²) in [6, 6.07) is 11.8. The van der Waals surface area contributed by atoms with Gasteiger partial charge >= 0.3 is 0 Å². The molecule has 3 nitrogen and oxygen atoms in total. The van der Waals surface area contributed by atoms with E-state index in [0.29, 0.717) is 6.42 Å². The summed E-state index contributed by atoms with van der Waals surface area (Å²) in [7, 11) is 0. The fourth-order valence-electron chi connectivity index (χ4n) is 2.36. The van der Waals surface area contributed by atoms with Crippen molar-refractivity contribution in [1.82, 2.24) is 4.98 Å². The van der Waals surface area contributed by atoms with E-state index in [0.717, 1.165) is 28.5 Å². The molecule has 1 atom stereocenters. The third kappa shape index (κ3) is 1.74. The molecule has 18 heavy (non-hydrogen) atoms. The van der Waals surface area contributed by atoms with Gasteiger partial charge in [0.25, 0.3) is 0 Å². The van der Waals surface area contributed by atoms with Crippen molar-refractivity contribution in [3.8, 4) is 0 Å². The molecule has 3 heteroatoms. The number of para-hydroxylation sites is 1. The minimum absolute atomic E-state index is 0.0198. The van der Waals surface area contributed by atoms with Gasteiger partial charge in [-0.25, -0.2) is 0 Å². The molecular weight excluding hydrogens is 226 g/mol. The molecule has 0 saturated carbocycles. The predicted octanol–water partition coefficient (Wildman–Crippen LogP) is 3.48. The Kier molecular flexibility index (Phi) is 2.73. The maximum atomic E-state index is 10.9. The quantitative estimate of drug-likeness (QED) is 0.708. The second-order valence-corrected chi connectivity index (χ2v) is 4.26. The standard InChI is InChI=1S/C15H13NO2/c17-8-7-12(15-6-3-9-18-15)13-10-16-14-5-2-1-4-11(13)14/h1-6,8-10,12,16H,7H2/t12-/m1/s1. The van der Waals surface area contributed by atoms with Gasteiger partial charge in [-0.1, -0.05) is 18.2 Å². The Morgan fingerprint density at radius 1 is 1.22 bits per heavy atom. The van der Waals surface area contributed by atoms with Gasteiger partial charge in [-0.3, -0.25) is 0 Å². The molecular formula is C15H13NO2. The molecule has 1 N–H and O–H groups in total. The van der Waals surface area contributed by atoms with Gasteiger partial charge in [-0.15, -0.1) is 0 Å². The summed E-state index contributed by atoms with van der Waals surface area (Å²) < 4.78 is 5.45. The summed E-state index contributed by atoms with van der Waals surface area (Å²) in [4.78, 5) is 14.1. The highest BCUT2D eigenvalue weighted by Gasteiger charge is 2.19. The zero-order chi connectivity index (χ0) is 12.4. The van der Waals surface area contributed by atoms with Crippen molar-refractivity contribution in [2.45, 2.75) is 12.3 Å². The molecule has 0 aliphatic carbocycles. The molecule has 0 radical (unpaired) electrons. The Labute approximate surface area is 104 Å². The van der Waals surface area contributed by atoms with Gasteiger partial charge in [0, 0.05) is 23.5 Å². The molecule has 0 aliphatic heterocycles. The summed E-state index contributed by atoms with van der Waals surface area (Å²) in [6.45, 7) is 0. The Balaban J connectivity index is 2.12. The molecule has 1 aromatic carbocycles. The normalized spacial score (nSPS) is 12.7. The number of H-pyrrole nitrogens is 1. The first-order chi connectivity index (χ1) is 8.90. The molecule has 2 heterocycles. The van der Waals surface area contributed by atoms with Crippen LogP contribution in [0.3, 0.4) is 0 Å². The van der Waals surface area contributed by atoms with E-state index in [1.807, 2.05) is 36.5 Å². The number of aromatic amines is 1. The molecule has 0 unspecified atom stereocenters. The number of benzene rings is 1. The van der Waals surface area contributed by atoms with E-state index in [1.165, 1.54) is 0 Å². The highest BCUT2D eigenvalue weighted by Crippen LogP contribution is 2.32. The highest BCUT2D eigenvalue weighted by atomic mass is 16.3. The molecule has 0 aliphatic rings. The summed E-state index contributed by atoms with van der Waals surface area (Å²) in [6.07, 6.45) is 4.97. The smallest absolute Gasteiger partial charge is 0.121 e. The van der Waals surface area contributed by atoms with Crippen molar-refractivity contribution < 1.29 is 9.21 Å². The topological polar surface area (TPSA) is 46.0 Å². The molecule has 3 aromatic rings. The lowest BCUT2D eigenvalue weighted by molar-refractivity contribution is -0.108. The molecule has 0 bridgehead atoms. The van der Waals surface area contributed by atoms with Crippen LogP contribution in [0.1, 0.15) is 23.7 Å². The second-order valence-electron chi connectivity index (χ2n) is 4.26. The average molecular weight is 239 g/mol. The van der Waals surface area contributed by atoms with Crippen molar-refractivity contribution in [1.29, 1.82) is 0 Å². The minimum Gasteiger partial charge on any atom is -0.469 e. The first-order valence-corrected chi connectivity index (χ1v) is 5.93. The van der Waals surface area contributed by atoms with Gasteiger partial charge in [0.15, 0.2) is 0 Å². The van der Waals surface area contributed by atoms with Crippen LogP contribution in [0, 0.1) is 0 Å². The van der Waals surface area contributed by atoms with Crippen LogP contribution < -0.4 is 0 Å². The number of aromatic nitrogens is 1. The van der Waals surface area contributed by atoms with Gasteiger partial charge in [-0.05, 0) is 23.8 Å². The van der Waals surface area contributed by atoms with Crippen molar-refractivity contribution in [2.75, 3.05) is 0 Å². The lowest BCUT2D eigenvalue weighted by Gasteiger charge is -2.10. The van der Waals surface area contributed by atoms with Crippen molar-refractivity contribution >= 4 is 17.2 Å². The van der Waals surface area contributed by atoms with Gasteiger partial charge in [0.1, 0.15) is 12.0 Å². The number of carbonyl (C=O) groups is 1. The Morgan fingerprint density at radius 3 is 2.89 bits per heavy atom. The number of hydrogen-bond acceptors (Lipinski definition) is 2. The Bertz CT molecular complexity index is 652. The molecule has 0 amide bonds. The highest BCUT2D eigenvalue weighted by molar-refractivity contribution is 5.84. The monoisotopic (exact) mass is 239 g/mol. The summed E-state index contributed by atoms with van der Waals surface area (Å²) in [5, 5.41) is 1.14. The zero-order valence-electron chi connectivity index (χ0n) is 9.80. The fourth-order valence-corrected chi connectivity index (χ4v) is 2.36. The van der Waals surface area contributed by atoms with Crippen LogP contribution in [-0.2, 0) is 4.79 Å². The van der Waals surface area contributed by atoms with Crippen LogP contribution in [0.15, 0.2) is 53.3 Å². The van der Waals surface area contributed by atoms with E-state index in [4.69, 9.17) is 4.42 Å². The lowest BCUT2D eigenvalue weighted by atomic mass is 9.93. The van der Waals surface area contributed by atoms with E-state index in [1.54, 1.807) is 6.26 Å². The van der Waals surface area contributed by atoms with Crippen LogP contribution in [0.25, 0.3) is 10.9 Å². The first kappa shape index (κ1) is 10.8. The van der Waals surface area contributed by atoms with Crippen LogP contribution in [0.4, 0.5) is 0 Å². The van der Waals surface area contributed by atoms with E-state index < -0.39 is 0 Å². The number of hydrogen-bond donors (Lipinski definition) is 1. The van der Waals surface area contributed by atoms with Gasteiger partial charge < -0.3 is 14.2 Å². The number of rotatable bonds is 4. The van der Waals surface area contributed by atoms with E-state index in [2.05, 4.69) is 11.1 Å². The largest absolute Gasteiger partial charge is 0.469 e. The Hall–Kier alpha value is -2.29. The first-order valence-electron chi connectivity index (χ1n) is 5.93. The fraction of sp³-hybridized carbons (Fsp3) is 0.133. The SMILES string of the molecule is O=CC[C@@H](c1ccco1)c1c[nH]c2ccccc12. The van der Waals surface area contributed by atoms with Crippen LogP contribution in [0.2, 0.25) is 0 Å².